The van der Waals surface area contributed by atoms with Crippen molar-refractivity contribution in [3.63, 3.8) is 0 Å². The zero-order chi connectivity index (χ0) is 19.1. The second-order valence-corrected chi connectivity index (χ2v) is 6.94. The second kappa shape index (κ2) is 6.70. The van der Waals surface area contributed by atoms with Crippen LogP contribution in [0.1, 0.15) is 28.9 Å². The molecule has 4 rings (SSSR count). The Hall–Kier alpha value is -2.87. The first-order chi connectivity index (χ1) is 13.0. The van der Waals surface area contributed by atoms with Crippen LogP contribution in [0.5, 0.6) is 11.5 Å². The predicted octanol–water partition coefficient (Wildman–Crippen LogP) is 4.74. The van der Waals surface area contributed by atoms with E-state index in [1.54, 1.807) is 24.3 Å². The Bertz CT molecular complexity index is 1070. The van der Waals surface area contributed by atoms with Crippen molar-refractivity contribution in [2.24, 2.45) is 0 Å². The maximum absolute atomic E-state index is 13.9. The van der Waals surface area contributed by atoms with Crippen LogP contribution >= 0.6 is 15.9 Å². The lowest BCUT2D eigenvalue weighted by Crippen LogP contribution is -2.12. The second-order valence-electron chi connectivity index (χ2n) is 6.09. The first-order valence-corrected chi connectivity index (χ1v) is 8.91. The van der Waals surface area contributed by atoms with Gasteiger partial charge in [-0.05, 0) is 52.7 Å². The summed E-state index contributed by atoms with van der Waals surface area (Å²) < 4.78 is 25.1. The normalized spacial score (nSPS) is 13.6. The molecule has 0 fully saturated rings. The Balaban J connectivity index is 1.82. The molecule has 6 nitrogen and oxygen atoms in total. The number of ether oxygens (including phenoxy) is 2. The van der Waals surface area contributed by atoms with Gasteiger partial charge in [0.2, 0.25) is 6.79 Å². The van der Waals surface area contributed by atoms with Crippen molar-refractivity contribution in [3.05, 3.63) is 57.9 Å². The van der Waals surface area contributed by atoms with Crippen LogP contribution in [0.15, 0.2) is 41.0 Å². The van der Waals surface area contributed by atoms with Gasteiger partial charge in [0.15, 0.2) is 11.5 Å². The van der Waals surface area contributed by atoms with E-state index in [0.717, 1.165) is 0 Å². The summed E-state index contributed by atoms with van der Waals surface area (Å²) in [5.74, 6) is -0.455. The summed E-state index contributed by atoms with van der Waals surface area (Å²) in [4.78, 5) is 16.0. The Kier molecular flexibility index (Phi) is 4.35. The molecule has 3 aromatic rings. The number of nitrogens with zero attached hydrogens (tertiary/aromatic N) is 1. The average molecular weight is 433 g/mol. The average Bonchev–Trinajstić information content (AvgIpc) is 3.12. The molecule has 1 aliphatic rings. The van der Waals surface area contributed by atoms with E-state index < -0.39 is 5.97 Å². The largest absolute Gasteiger partial charge is 0.478 e. The zero-order valence-corrected chi connectivity index (χ0v) is 15.7. The lowest BCUT2D eigenvalue weighted by Gasteiger charge is -2.19. The third kappa shape index (κ3) is 3.06. The van der Waals surface area contributed by atoms with Crippen LogP contribution in [0.25, 0.3) is 10.9 Å². The van der Waals surface area contributed by atoms with Gasteiger partial charge in [0.1, 0.15) is 16.9 Å². The maximum Gasteiger partial charge on any atom is 0.339 e. The molecule has 138 valence electrons. The zero-order valence-electron chi connectivity index (χ0n) is 14.1. The van der Waals surface area contributed by atoms with Gasteiger partial charge in [-0.1, -0.05) is 6.07 Å². The first kappa shape index (κ1) is 17.5. The Labute approximate surface area is 162 Å². The molecule has 0 amide bonds. The number of fused-ring (bicyclic) bond motifs is 3. The number of nitrogens with one attached hydrogen (secondary N) is 1. The standard InChI is InChI=1S/C19H14BrFN2O4/c1-9(10-2-4-13(20)14(21)6-10)23-16-11-3-5-15-18(27-8-26-15)17(11)22-7-12(16)19(24)25/h2-7,9H,8H2,1H3,(H,22,23)(H,24,25). The fourth-order valence-electron chi connectivity index (χ4n) is 3.03. The van der Waals surface area contributed by atoms with Crippen molar-refractivity contribution in [2.75, 3.05) is 12.1 Å². The summed E-state index contributed by atoms with van der Waals surface area (Å²) in [6.45, 7) is 1.92. The number of aromatic carboxylic acids is 1. The quantitative estimate of drug-likeness (QED) is 0.619. The molecule has 0 bridgehead atoms. The van der Waals surface area contributed by atoms with Gasteiger partial charge in [-0.3, -0.25) is 4.98 Å². The summed E-state index contributed by atoms with van der Waals surface area (Å²) in [5.41, 5.74) is 1.59. The minimum atomic E-state index is -1.11. The van der Waals surface area contributed by atoms with Gasteiger partial charge >= 0.3 is 5.97 Å². The van der Waals surface area contributed by atoms with Crippen molar-refractivity contribution in [3.8, 4) is 11.5 Å². The fraction of sp³-hybridized carbons (Fsp3) is 0.158. The summed E-state index contributed by atoms with van der Waals surface area (Å²) in [7, 11) is 0. The van der Waals surface area contributed by atoms with E-state index in [9.17, 15) is 14.3 Å². The number of carboxylic acids is 1. The number of carbonyl (C=O) groups is 1. The predicted molar refractivity (Wildman–Crippen MR) is 101 cm³/mol. The molecule has 0 spiro atoms. The molecule has 1 unspecified atom stereocenters. The van der Waals surface area contributed by atoms with E-state index in [1.807, 2.05) is 6.92 Å². The molecule has 1 atom stereocenters. The molecule has 2 heterocycles. The van der Waals surface area contributed by atoms with Crippen LogP contribution in [0.2, 0.25) is 0 Å². The Morgan fingerprint density at radius 3 is 2.89 bits per heavy atom. The molecule has 0 saturated carbocycles. The lowest BCUT2D eigenvalue weighted by atomic mass is 10.0. The number of hydrogen-bond donors (Lipinski definition) is 2. The van der Waals surface area contributed by atoms with Crippen LogP contribution < -0.4 is 14.8 Å². The Morgan fingerprint density at radius 2 is 2.15 bits per heavy atom. The highest BCUT2D eigenvalue weighted by atomic mass is 79.9. The van der Waals surface area contributed by atoms with Gasteiger partial charge in [0, 0.05) is 17.6 Å². The maximum atomic E-state index is 13.9. The van der Waals surface area contributed by atoms with Crippen LogP contribution in [0.3, 0.4) is 0 Å². The number of anilines is 1. The molecule has 0 radical (unpaired) electrons. The number of rotatable bonds is 4. The summed E-state index contributed by atoms with van der Waals surface area (Å²) in [5, 5.41) is 13.4. The van der Waals surface area contributed by atoms with E-state index in [-0.39, 0.29) is 24.2 Å². The minimum Gasteiger partial charge on any atom is -0.478 e. The van der Waals surface area contributed by atoms with Crippen LogP contribution in [-0.4, -0.2) is 22.9 Å². The molecule has 1 aliphatic heterocycles. The minimum absolute atomic E-state index is 0.0193. The van der Waals surface area contributed by atoms with Gasteiger partial charge in [0.25, 0.3) is 0 Å². The van der Waals surface area contributed by atoms with Gasteiger partial charge < -0.3 is 19.9 Å². The molecular formula is C19H14BrFN2O4. The third-order valence-corrected chi connectivity index (χ3v) is 5.05. The molecule has 0 aliphatic carbocycles. The van der Waals surface area contributed by atoms with E-state index in [4.69, 9.17) is 9.47 Å². The van der Waals surface area contributed by atoms with Gasteiger partial charge in [-0.15, -0.1) is 0 Å². The molecular weight excluding hydrogens is 419 g/mol. The molecule has 1 aromatic heterocycles. The SMILES string of the molecule is CC(Nc1c(C(=O)O)cnc2c3c(ccc12)OCO3)c1ccc(Br)c(F)c1. The van der Waals surface area contributed by atoms with Crippen molar-refractivity contribution in [1.82, 2.24) is 4.98 Å². The van der Waals surface area contributed by atoms with E-state index in [0.29, 0.717) is 38.1 Å². The van der Waals surface area contributed by atoms with Crippen molar-refractivity contribution in [2.45, 2.75) is 13.0 Å². The highest BCUT2D eigenvalue weighted by Gasteiger charge is 2.23. The van der Waals surface area contributed by atoms with Gasteiger partial charge in [0.05, 0.1) is 10.2 Å². The highest BCUT2D eigenvalue weighted by Crippen LogP contribution is 2.41. The molecule has 2 aromatic carbocycles. The highest BCUT2D eigenvalue weighted by molar-refractivity contribution is 9.10. The van der Waals surface area contributed by atoms with E-state index >= 15 is 0 Å². The monoisotopic (exact) mass is 432 g/mol. The number of benzene rings is 2. The third-order valence-electron chi connectivity index (χ3n) is 4.41. The smallest absolute Gasteiger partial charge is 0.339 e. The van der Waals surface area contributed by atoms with Gasteiger partial charge in [-0.25, -0.2) is 9.18 Å². The number of carboxylic acid groups (broad SMARTS) is 1. The Morgan fingerprint density at radius 1 is 1.33 bits per heavy atom. The van der Waals surface area contributed by atoms with Crippen molar-refractivity contribution < 1.29 is 23.8 Å². The van der Waals surface area contributed by atoms with Crippen LogP contribution in [0, 0.1) is 5.82 Å². The summed E-state index contributed by atoms with van der Waals surface area (Å²) >= 11 is 3.13. The molecule has 2 N–H and O–H groups in total. The summed E-state index contributed by atoms with van der Waals surface area (Å²) in [6.07, 6.45) is 1.28. The number of halogens is 2. The summed E-state index contributed by atoms with van der Waals surface area (Å²) in [6, 6.07) is 7.89. The number of hydrogen-bond acceptors (Lipinski definition) is 5. The molecule has 27 heavy (non-hydrogen) atoms. The topological polar surface area (TPSA) is 80.7 Å². The molecule has 8 heteroatoms. The first-order valence-electron chi connectivity index (χ1n) is 8.12. The number of pyridine rings is 1. The fourth-order valence-corrected chi connectivity index (χ4v) is 3.27. The van der Waals surface area contributed by atoms with Crippen molar-refractivity contribution in [1.29, 1.82) is 0 Å². The van der Waals surface area contributed by atoms with E-state index in [1.165, 1.54) is 12.3 Å². The van der Waals surface area contributed by atoms with Crippen LogP contribution in [0.4, 0.5) is 10.1 Å². The molecule has 0 saturated heterocycles. The van der Waals surface area contributed by atoms with Gasteiger partial charge in [-0.2, -0.15) is 0 Å². The van der Waals surface area contributed by atoms with E-state index in [2.05, 4.69) is 26.2 Å². The van der Waals surface area contributed by atoms with Crippen molar-refractivity contribution >= 4 is 38.5 Å². The lowest BCUT2D eigenvalue weighted by molar-refractivity contribution is 0.0697. The van der Waals surface area contributed by atoms with Crippen LogP contribution in [-0.2, 0) is 0 Å². The number of aromatic nitrogens is 1.